The predicted octanol–water partition coefficient (Wildman–Crippen LogP) is 1.89. The number of hydrogen-bond acceptors (Lipinski definition) is 3. The molecule has 1 fully saturated rings. The molecule has 4 nitrogen and oxygen atoms in total. The summed E-state index contributed by atoms with van der Waals surface area (Å²) in [5.74, 6) is -0.824. The van der Waals surface area contributed by atoms with Crippen molar-refractivity contribution in [2.45, 2.75) is 17.7 Å². The lowest BCUT2D eigenvalue weighted by atomic mass is 10.2. The van der Waals surface area contributed by atoms with Crippen LogP contribution in [-0.4, -0.2) is 20.9 Å². The summed E-state index contributed by atoms with van der Waals surface area (Å²) in [6.45, 7) is 0.526. The van der Waals surface area contributed by atoms with Crippen LogP contribution in [0.3, 0.4) is 0 Å². The standard InChI is InChI=1S/C11H11ClFNO3S/c12-18(16,17)10-4-8(3-9(13)5-10)11(15)14-6-7-1-2-7/h3-5,7H,1-2,6H2,(H,14,15). The summed E-state index contributed by atoms with van der Waals surface area (Å²) < 4.78 is 35.4. The first-order chi connectivity index (χ1) is 8.36. The summed E-state index contributed by atoms with van der Waals surface area (Å²) in [7, 11) is 1.07. The quantitative estimate of drug-likeness (QED) is 0.862. The Labute approximate surface area is 109 Å². The van der Waals surface area contributed by atoms with Crippen molar-refractivity contribution in [3.8, 4) is 0 Å². The second kappa shape index (κ2) is 4.85. The number of carbonyl (C=O) groups is 1. The molecular weight excluding hydrogens is 281 g/mol. The number of amides is 1. The lowest BCUT2D eigenvalue weighted by Gasteiger charge is -2.05. The molecule has 1 aliphatic carbocycles. The fourth-order valence-electron chi connectivity index (χ4n) is 1.50. The van der Waals surface area contributed by atoms with E-state index in [1.54, 1.807) is 0 Å². The molecule has 98 valence electrons. The Morgan fingerprint density at radius 1 is 1.39 bits per heavy atom. The number of rotatable bonds is 4. The van der Waals surface area contributed by atoms with Gasteiger partial charge in [0, 0.05) is 22.8 Å². The van der Waals surface area contributed by atoms with Gasteiger partial charge in [0.25, 0.3) is 15.0 Å². The summed E-state index contributed by atoms with van der Waals surface area (Å²) in [5.41, 5.74) is -0.0464. The average molecular weight is 292 g/mol. The lowest BCUT2D eigenvalue weighted by molar-refractivity contribution is 0.0951. The molecule has 1 aromatic carbocycles. The molecule has 1 N–H and O–H groups in total. The molecule has 0 aliphatic heterocycles. The molecule has 0 unspecified atom stereocenters. The molecular formula is C11H11ClFNO3S. The largest absolute Gasteiger partial charge is 0.352 e. The van der Waals surface area contributed by atoms with E-state index in [4.69, 9.17) is 10.7 Å². The van der Waals surface area contributed by atoms with Gasteiger partial charge in [-0.1, -0.05) is 0 Å². The van der Waals surface area contributed by atoms with E-state index in [-0.39, 0.29) is 5.56 Å². The van der Waals surface area contributed by atoms with Crippen molar-refractivity contribution in [2.24, 2.45) is 5.92 Å². The topological polar surface area (TPSA) is 63.2 Å². The number of nitrogens with one attached hydrogen (secondary N) is 1. The highest BCUT2D eigenvalue weighted by Crippen LogP contribution is 2.27. The fourth-order valence-corrected chi connectivity index (χ4v) is 2.28. The normalized spacial score (nSPS) is 15.4. The van der Waals surface area contributed by atoms with Gasteiger partial charge in [-0.2, -0.15) is 0 Å². The fraction of sp³-hybridized carbons (Fsp3) is 0.364. The van der Waals surface area contributed by atoms with Crippen LogP contribution < -0.4 is 5.32 Å². The van der Waals surface area contributed by atoms with E-state index in [2.05, 4.69) is 5.32 Å². The van der Waals surface area contributed by atoms with Crippen molar-refractivity contribution < 1.29 is 17.6 Å². The minimum atomic E-state index is -4.05. The van der Waals surface area contributed by atoms with E-state index in [0.29, 0.717) is 12.5 Å². The van der Waals surface area contributed by atoms with E-state index >= 15 is 0 Å². The van der Waals surface area contributed by atoms with Gasteiger partial charge in [0.05, 0.1) is 4.90 Å². The van der Waals surface area contributed by atoms with Crippen LogP contribution in [0.1, 0.15) is 23.2 Å². The molecule has 2 rings (SSSR count). The van der Waals surface area contributed by atoms with Gasteiger partial charge in [-0.3, -0.25) is 4.79 Å². The molecule has 1 aromatic rings. The van der Waals surface area contributed by atoms with Crippen LogP contribution in [0.4, 0.5) is 4.39 Å². The van der Waals surface area contributed by atoms with E-state index in [1.165, 1.54) is 0 Å². The maximum absolute atomic E-state index is 13.2. The van der Waals surface area contributed by atoms with Crippen LogP contribution in [0.5, 0.6) is 0 Å². The van der Waals surface area contributed by atoms with Gasteiger partial charge in [0.2, 0.25) is 0 Å². The van der Waals surface area contributed by atoms with Crippen molar-refractivity contribution in [2.75, 3.05) is 6.54 Å². The summed E-state index contributed by atoms with van der Waals surface area (Å²) in [6.07, 6.45) is 2.15. The second-order valence-corrected chi connectivity index (χ2v) is 6.83. The van der Waals surface area contributed by atoms with Gasteiger partial charge >= 0.3 is 0 Å². The molecule has 1 saturated carbocycles. The van der Waals surface area contributed by atoms with Gasteiger partial charge in [-0.15, -0.1) is 0 Å². The third-order valence-corrected chi connectivity index (χ3v) is 4.00. The van der Waals surface area contributed by atoms with Crippen LogP contribution in [-0.2, 0) is 9.05 Å². The molecule has 1 amide bonds. The van der Waals surface area contributed by atoms with Gasteiger partial charge in [-0.25, -0.2) is 12.8 Å². The molecule has 0 radical (unpaired) electrons. The Kier molecular flexibility index (Phi) is 3.59. The van der Waals surface area contributed by atoms with E-state index < -0.39 is 25.7 Å². The second-order valence-electron chi connectivity index (χ2n) is 4.27. The van der Waals surface area contributed by atoms with Gasteiger partial charge in [0.15, 0.2) is 0 Å². The predicted molar refractivity (Wildman–Crippen MR) is 64.5 cm³/mol. The Bertz CT molecular complexity index is 584. The van der Waals surface area contributed by atoms with Crippen LogP contribution in [0, 0.1) is 11.7 Å². The zero-order chi connectivity index (χ0) is 13.3. The Morgan fingerprint density at radius 2 is 2.06 bits per heavy atom. The monoisotopic (exact) mass is 291 g/mol. The number of hydrogen-bond donors (Lipinski definition) is 1. The maximum Gasteiger partial charge on any atom is 0.261 e. The summed E-state index contributed by atoms with van der Waals surface area (Å²) in [5, 5.41) is 2.62. The minimum absolute atomic E-state index is 0.0464. The third-order valence-electron chi connectivity index (χ3n) is 2.66. The number of halogens is 2. The van der Waals surface area contributed by atoms with Crippen LogP contribution in [0.15, 0.2) is 23.1 Å². The molecule has 18 heavy (non-hydrogen) atoms. The molecule has 0 aromatic heterocycles. The molecule has 0 spiro atoms. The lowest BCUT2D eigenvalue weighted by Crippen LogP contribution is -2.25. The van der Waals surface area contributed by atoms with Crippen molar-refractivity contribution in [1.82, 2.24) is 5.32 Å². The highest BCUT2D eigenvalue weighted by molar-refractivity contribution is 8.13. The zero-order valence-electron chi connectivity index (χ0n) is 9.32. The number of carbonyl (C=O) groups excluding carboxylic acids is 1. The van der Waals surface area contributed by atoms with Crippen LogP contribution >= 0.6 is 10.7 Å². The van der Waals surface area contributed by atoms with E-state index in [9.17, 15) is 17.6 Å². The van der Waals surface area contributed by atoms with Crippen LogP contribution in [0.2, 0.25) is 0 Å². The molecule has 0 atom stereocenters. The van der Waals surface area contributed by atoms with E-state index in [0.717, 1.165) is 31.0 Å². The Hall–Kier alpha value is -1.14. The first-order valence-corrected chi connectivity index (χ1v) is 7.70. The minimum Gasteiger partial charge on any atom is -0.352 e. The summed E-state index contributed by atoms with van der Waals surface area (Å²) in [6, 6.07) is 2.82. The first-order valence-electron chi connectivity index (χ1n) is 5.40. The first kappa shape index (κ1) is 13.3. The zero-order valence-corrected chi connectivity index (χ0v) is 10.9. The Morgan fingerprint density at radius 3 is 2.61 bits per heavy atom. The molecule has 0 heterocycles. The van der Waals surface area contributed by atoms with Crippen molar-refractivity contribution in [1.29, 1.82) is 0 Å². The molecule has 1 aliphatic rings. The SMILES string of the molecule is O=C(NCC1CC1)c1cc(F)cc(S(=O)(=O)Cl)c1. The number of benzene rings is 1. The summed E-state index contributed by atoms with van der Waals surface area (Å²) in [4.78, 5) is 11.3. The third kappa shape index (κ3) is 3.43. The van der Waals surface area contributed by atoms with Crippen molar-refractivity contribution in [3.05, 3.63) is 29.6 Å². The van der Waals surface area contributed by atoms with Crippen LogP contribution in [0.25, 0.3) is 0 Å². The smallest absolute Gasteiger partial charge is 0.261 e. The molecule has 0 bridgehead atoms. The maximum atomic E-state index is 13.2. The summed E-state index contributed by atoms with van der Waals surface area (Å²) >= 11 is 0. The van der Waals surface area contributed by atoms with Crippen molar-refractivity contribution in [3.63, 3.8) is 0 Å². The average Bonchev–Trinajstić information content (AvgIpc) is 3.07. The molecule has 7 heteroatoms. The highest BCUT2D eigenvalue weighted by Gasteiger charge is 2.22. The van der Waals surface area contributed by atoms with Gasteiger partial charge in [0.1, 0.15) is 5.82 Å². The molecule has 0 saturated heterocycles. The highest BCUT2D eigenvalue weighted by atomic mass is 35.7. The van der Waals surface area contributed by atoms with Gasteiger partial charge in [-0.05, 0) is 37.0 Å². The van der Waals surface area contributed by atoms with E-state index in [1.807, 2.05) is 0 Å². The Balaban J connectivity index is 2.21. The van der Waals surface area contributed by atoms with Gasteiger partial charge < -0.3 is 5.32 Å². The van der Waals surface area contributed by atoms with Crippen molar-refractivity contribution >= 4 is 25.6 Å².